The molecule has 2 amide bonds. The van der Waals surface area contributed by atoms with E-state index in [1.807, 2.05) is 37.3 Å². The van der Waals surface area contributed by atoms with Gasteiger partial charge in [0.05, 0.1) is 23.9 Å². The van der Waals surface area contributed by atoms with Crippen molar-refractivity contribution in [2.24, 2.45) is 0 Å². The summed E-state index contributed by atoms with van der Waals surface area (Å²) in [5, 5.41) is 9.04. The van der Waals surface area contributed by atoms with Crippen LogP contribution in [0.25, 0.3) is 0 Å². The van der Waals surface area contributed by atoms with Crippen LogP contribution in [-0.2, 0) is 9.53 Å². The zero-order chi connectivity index (χ0) is 20.6. The summed E-state index contributed by atoms with van der Waals surface area (Å²) < 4.78 is 5.33. The van der Waals surface area contributed by atoms with Crippen LogP contribution in [0.3, 0.4) is 0 Å². The van der Waals surface area contributed by atoms with Gasteiger partial charge in [-0.25, -0.2) is 0 Å². The molecule has 0 bridgehead atoms. The zero-order valence-electron chi connectivity index (χ0n) is 17.0. The summed E-state index contributed by atoms with van der Waals surface area (Å²) in [6, 6.07) is 15.1. The molecule has 1 fully saturated rings. The van der Waals surface area contributed by atoms with Crippen LogP contribution >= 0.6 is 0 Å². The lowest BCUT2D eigenvalue weighted by molar-refractivity contribution is -0.114. The van der Waals surface area contributed by atoms with Crippen LogP contribution < -0.4 is 16.0 Å². The highest BCUT2D eigenvalue weighted by atomic mass is 16.5. The predicted molar refractivity (Wildman–Crippen MR) is 115 cm³/mol. The number of amides is 2. The van der Waals surface area contributed by atoms with Crippen LogP contribution in [0.5, 0.6) is 0 Å². The number of carbonyl (C=O) groups is 2. The van der Waals surface area contributed by atoms with Crippen LogP contribution in [0.1, 0.15) is 54.6 Å². The average molecular weight is 396 g/mol. The lowest BCUT2D eigenvalue weighted by Crippen LogP contribution is -2.33. The number of hydrogen-bond acceptors (Lipinski definition) is 4. The minimum absolute atomic E-state index is 0.0177. The van der Waals surface area contributed by atoms with Crippen molar-refractivity contribution in [2.45, 2.75) is 44.8 Å². The Bertz CT molecular complexity index is 847. The summed E-state index contributed by atoms with van der Waals surface area (Å²) in [5.74, 6) is -0.349. The van der Waals surface area contributed by atoms with E-state index in [9.17, 15) is 9.59 Å². The highest BCUT2D eigenvalue weighted by Crippen LogP contribution is 2.21. The Balaban J connectivity index is 1.59. The highest BCUT2D eigenvalue weighted by Gasteiger charge is 2.20. The molecule has 0 heterocycles. The molecule has 1 aliphatic rings. The van der Waals surface area contributed by atoms with Gasteiger partial charge in [0.15, 0.2) is 0 Å². The van der Waals surface area contributed by atoms with Gasteiger partial charge in [0.25, 0.3) is 5.91 Å². The molecule has 29 heavy (non-hydrogen) atoms. The molecule has 6 heteroatoms. The van der Waals surface area contributed by atoms with Gasteiger partial charge < -0.3 is 20.7 Å². The second-order valence-electron chi connectivity index (χ2n) is 7.41. The zero-order valence-corrected chi connectivity index (χ0v) is 17.0. The van der Waals surface area contributed by atoms with E-state index in [4.69, 9.17) is 4.74 Å². The summed E-state index contributed by atoms with van der Waals surface area (Å²) in [6.45, 7) is 2.07. The maximum absolute atomic E-state index is 12.6. The summed E-state index contributed by atoms with van der Waals surface area (Å²) >= 11 is 0. The quantitative estimate of drug-likeness (QED) is 0.628. The van der Waals surface area contributed by atoms with Crippen molar-refractivity contribution < 1.29 is 14.3 Å². The van der Waals surface area contributed by atoms with Crippen molar-refractivity contribution in [3.8, 4) is 0 Å². The van der Waals surface area contributed by atoms with E-state index in [-0.39, 0.29) is 30.5 Å². The number of rotatable bonds is 8. The minimum Gasteiger partial charge on any atom is -0.377 e. The number of methoxy groups -OCH3 is 1. The van der Waals surface area contributed by atoms with Gasteiger partial charge >= 0.3 is 0 Å². The fourth-order valence-electron chi connectivity index (χ4n) is 3.54. The Hall–Kier alpha value is -2.86. The normalized spacial score (nSPS) is 15.0. The molecule has 2 aromatic rings. The molecule has 1 atom stereocenters. The average Bonchev–Trinajstić information content (AvgIpc) is 3.25. The van der Waals surface area contributed by atoms with Crippen molar-refractivity contribution in [3.63, 3.8) is 0 Å². The first-order valence-corrected chi connectivity index (χ1v) is 10.1. The van der Waals surface area contributed by atoms with Gasteiger partial charge in [0.2, 0.25) is 5.91 Å². The Kier molecular flexibility index (Phi) is 7.25. The summed E-state index contributed by atoms with van der Waals surface area (Å²) in [5.41, 5.74) is 2.89. The largest absolute Gasteiger partial charge is 0.377 e. The molecule has 0 aliphatic heterocycles. The summed E-state index contributed by atoms with van der Waals surface area (Å²) in [7, 11) is 1.67. The molecular formula is C23H29N3O3. The van der Waals surface area contributed by atoms with Crippen molar-refractivity contribution in [3.05, 3.63) is 59.7 Å². The maximum Gasteiger partial charge on any atom is 0.253 e. The van der Waals surface area contributed by atoms with Crippen molar-refractivity contribution in [1.29, 1.82) is 0 Å². The third kappa shape index (κ3) is 5.81. The predicted octanol–water partition coefficient (Wildman–Crippen LogP) is 4.12. The SMILES string of the molecule is CO[C@H](C)c1cccc(NCC(=O)Nc2ccccc2C(=O)NC2CCCC2)c1. The minimum atomic E-state index is -0.212. The van der Waals surface area contributed by atoms with E-state index < -0.39 is 0 Å². The van der Waals surface area contributed by atoms with Crippen molar-refractivity contribution >= 4 is 23.2 Å². The molecule has 1 aliphatic carbocycles. The first kappa shape index (κ1) is 20.9. The monoisotopic (exact) mass is 395 g/mol. The number of ether oxygens (including phenoxy) is 1. The molecule has 0 radical (unpaired) electrons. The number of carbonyl (C=O) groups excluding carboxylic acids is 2. The molecule has 0 saturated heterocycles. The van der Waals surface area contributed by atoms with Crippen LogP contribution in [0.2, 0.25) is 0 Å². The van der Waals surface area contributed by atoms with Crippen LogP contribution in [-0.4, -0.2) is 31.5 Å². The number of nitrogens with one attached hydrogen (secondary N) is 3. The van der Waals surface area contributed by atoms with E-state index in [0.717, 1.165) is 36.9 Å². The third-order valence-electron chi connectivity index (χ3n) is 5.30. The van der Waals surface area contributed by atoms with Crippen LogP contribution in [0.15, 0.2) is 48.5 Å². The van der Waals surface area contributed by atoms with Gasteiger partial charge in [-0.2, -0.15) is 0 Å². The van der Waals surface area contributed by atoms with E-state index in [1.54, 1.807) is 25.3 Å². The van der Waals surface area contributed by atoms with Crippen LogP contribution in [0, 0.1) is 0 Å². The lowest BCUT2D eigenvalue weighted by Gasteiger charge is -2.15. The van der Waals surface area contributed by atoms with Gasteiger partial charge in [-0.1, -0.05) is 37.1 Å². The molecule has 3 rings (SSSR count). The van der Waals surface area contributed by atoms with Gasteiger partial charge in [0, 0.05) is 18.8 Å². The first-order valence-electron chi connectivity index (χ1n) is 10.1. The highest BCUT2D eigenvalue weighted by molar-refractivity contribution is 6.04. The second-order valence-corrected chi connectivity index (χ2v) is 7.41. The number of para-hydroxylation sites is 1. The topological polar surface area (TPSA) is 79.5 Å². The fourth-order valence-corrected chi connectivity index (χ4v) is 3.54. The van der Waals surface area contributed by atoms with E-state index in [2.05, 4.69) is 16.0 Å². The fraction of sp³-hybridized carbons (Fsp3) is 0.391. The van der Waals surface area contributed by atoms with Gasteiger partial charge in [0.1, 0.15) is 0 Å². The summed E-state index contributed by atoms with van der Waals surface area (Å²) in [4.78, 5) is 25.1. The smallest absolute Gasteiger partial charge is 0.253 e. The number of benzene rings is 2. The Morgan fingerprint density at radius 2 is 1.86 bits per heavy atom. The number of hydrogen-bond donors (Lipinski definition) is 3. The first-order chi connectivity index (χ1) is 14.1. The van der Waals surface area contributed by atoms with E-state index >= 15 is 0 Å². The standard InChI is InChI=1S/C23H29N3O3/c1-16(29-2)17-8-7-11-19(14-17)24-15-22(27)26-21-13-6-5-12-20(21)23(28)25-18-9-3-4-10-18/h5-8,11-14,16,18,24H,3-4,9-10,15H2,1-2H3,(H,25,28)(H,26,27)/t16-/m1/s1. The molecule has 1 saturated carbocycles. The molecule has 0 unspecified atom stereocenters. The molecule has 0 aromatic heterocycles. The molecular weight excluding hydrogens is 366 g/mol. The molecule has 3 N–H and O–H groups in total. The molecule has 2 aromatic carbocycles. The lowest BCUT2D eigenvalue weighted by atomic mass is 10.1. The maximum atomic E-state index is 12.6. The van der Waals surface area contributed by atoms with Gasteiger partial charge in [-0.15, -0.1) is 0 Å². The molecule has 6 nitrogen and oxygen atoms in total. The van der Waals surface area contributed by atoms with Gasteiger partial charge in [-0.05, 0) is 49.6 Å². The number of anilines is 2. The van der Waals surface area contributed by atoms with Gasteiger partial charge in [-0.3, -0.25) is 9.59 Å². The Morgan fingerprint density at radius 1 is 1.10 bits per heavy atom. The Labute approximate surface area is 172 Å². The van der Waals surface area contributed by atoms with Crippen LogP contribution in [0.4, 0.5) is 11.4 Å². The molecule has 154 valence electrons. The van der Waals surface area contributed by atoms with Crippen molar-refractivity contribution in [2.75, 3.05) is 24.3 Å². The van der Waals surface area contributed by atoms with Crippen molar-refractivity contribution in [1.82, 2.24) is 5.32 Å². The van der Waals surface area contributed by atoms with E-state index in [1.165, 1.54) is 0 Å². The van der Waals surface area contributed by atoms with E-state index in [0.29, 0.717) is 11.3 Å². The Morgan fingerprint density at radius 3 is 2.62 bits per heavy atom. The summed E-state index contributed by atoms with van der Waals surface area (Å²) in [6.07, 6.45) is 4.32. The second kappa shape index (κ2) is 10.1. The molecule has 0 spiro atoms. The third-order valence-corrected chi connectivity index (χ3v) is 5.30.